The maximum absolute atomic E-state index is 13.4. The first-order valence-electron chi connectivity index (χ1n) is 16.3. The summed E-state index contributed by atoms with van der Waals surface area (Å²) in [7, 11) is 0. The van der Waals surface area contributed by atoms with Crippen LogP contribution in [-0.2, 0) is 14.9 Å². The van der Waals surface area contributed by atoms with Gasteiger partial charge in [0.2, 0.25) is 0 Å². The molecule has 222 valence electrons. The van der Waals surface area contributed by atoms with Crippen LogP contribution in [0.25, 0.3) is 11.0 Å². The molecule has 0 N–H and O–H groups in total. The van der Waals surface area contributed by atoms with E-state index in [1.807, 2.05) is 18.2 Å². The van der Waals surface area contributed by atoms with Crippen LogP contribution in [0.4, 0.5) is 0 Å². The quantitative estimate of drug-likeness (QED) is 0.233. The second-order valence-corrected chi connectivity index (χ2v) is 13.4. The number of piperidine rings is 2. The van der Waals surface area contributed by atoms with Crippen LogP contribution >= 0.6 is 0 Å². The zero-order chi connectivity index (χ0) is 29.0. The number of ether oxygens (including phenoxy) is 1. The van der Waals surface area contributed by atoms with Gasteiger partial charge in [-0.05, 0) is 87.1 Å². The van der Waals surface area contributed by atoms with Gasteiger partial charge in [-0.2, -0.15) is 0 Å². The minimum atomic E-state index is -0.320. The number of aromatic nitrogens is 2. The fraction of sp³-hybridized carbons (Fsp3) is 0.459. The van der Waals surface area contributed by atoms with Gasteiger partial charge in [0.15, 0.2) is 6.10 Å². The number of hydrogen-bond acceptors (Lipinski definition) is 4. The lowest BCUT2D eigenvalue weighted by molar-refractivity contribution is -0.134. The monoisotopic (exact) mass is 574 g/mol. The van der Waals surface area contributed by atoms with E-state index in [-0.39, 0.29) is 23.5 Å². The third-order valence-electron chi connectivity index (χ3n) is 11.1. The molecule has 5 heterocycles. The zero-order valence-electron chi connectivity index (χ0n) is 25.1. The molecule has 8 rings (SSSR count). The van der Waals surface area contributed by atoms with Gasteiger partial charge in [0.1, 0.15) is 11.9 Å². The van der Waals surface area contributed by atoms with Crippen LogP contribution in [0, 0.1) is 6.92 Å². The van der Waals surface area contributed by atoms with Gasteiger partial charge < -0.3 is 14.2 Å². The molecule has 0 saturated carbocycles. The van der Waals surface area contributed by atoms with Crippen molar-refractivity contribution < 1.29 is 9.53 Å². The topological polar surface area (TPSA) is 53.9 Å². The highest BCUT2D eigenvalue weighted by molar-refractivity contribution is 5.84. The number of epoxide rings is 1. The van der Waals surface area contributed by atoms with Crippen molar-refractivity contribution in [3.63, 3.8) is 0 Å². The Morgan fingerprint density at radius 3 is 2.23 bits per heavy atom. The highest BCUT2D eigenvalue weighted by Gasteiger charge is 2.50. The fourth-order valence-corrected chi connectivity index (χ4v) is 8.80. The molecule has 1 amide bonds. The van der Waals surface area contributed by atoms with E-state index in [2.05, 4.69) is 88.0 Å². The summed E-state index contributed by atoms with van der Waals surface area (Å²) < 4.78 is 8.40. The Balaban J connectivity index is 0.950. The van der Waals surface area contributed by atoms with Gasteiger partial charge in [-0.1, -0.05) is 72.8 Å². The lowest BCUT2D eigenvalue weighted by Crippen LogP contribution is -2.49. The first-order chi connectivity index (χ1) is 21.1. The molecular weight excluding hydrogens is 532 g/mol. The Kier molecular flexibility index (Phi) is 6.87. The summed E-state index contributed by atoms with van der Waals surface area (Å²) in [6, 6.07) is 31.7. The highest BCUT2D eigenvalue weighted by Crippen LogP contribution is 2.46. The number of aryl methyl sites for hydroxylation is 1. The standard InChI is InChI=1S/C37H42N4O2/c1-26-38-32-14-8-9-15-33(32)41(26)31-24-29-16-17-30(25-31)40(29)23-20-37(28-12-6-3-7-13-28)18-21-39(22-19-37)36(42)35-34(43-35)27-10-4-2-5-11-27/h2-15,29-31,34-35H,16-25H2,1H3/t29-,30+,31+,34?,35?. The maximum Gasteiger partial charge on any atom is 0.254 e. The first kappa shape index (κ1) is 27.1. The number of para-hydroxylation sites is 2. The molecule has 5 atom stereocenters. The van der Waals surface area contributed by atoms with Crippen LogP contribution in [0.15, 0.2) is 84.9 Å². The summed E-state index contributed by atoms with van der Waals surface area (Å²) in [5, 5.41) is 0. The highest BCUT2D eigenvalue weighted by atomic mass is 16.6. The molecule has 2 bridgehead atoms. The Morgan fingerprint density at radius 1 is 0.860 bits per heavy atom. The van der Waals surface area contributed by atoms with Crippen LogP contribution in [0.5, 0.6) is 0 Å². The van der Waals surface area contributed by atoms with Crippen molar-refractivity contribution in [3.8, 4) is 0 Å². The molecule has 0 spiro atoms. The van der Waals surface area contributed by atoms with E-state index in [1.54, 1.807) is 0 Å². The van der Waals surface area contributed by atoms with Gasteiger partial charge in [-0.15, -0.1) is 0 Å². The van der Waals surface area contributed by atoms with Crippen molar-refractivity contribution in [2.75, 3.05) is 19.6 Å². The smallest absolute Gasteiger partial charge is 0.254 e. The SMILES string of the molecule is Cc1nc2ccccc2n1[C@H]1C[C@H]2CC[C@@H](C1)N2CCC1(c2ccccc2)CCN(C(=O)C2OC2c2ccccc2)CC1. The number of carbonyl (C=O) groups excluding carboxylic acids is 1. The van der Waals surface area contributed by atoms with E-state index in [9.17, 15) is 4.79 Å². The lowest BCUT2D eigenvalue weighted by Gasteiger charge is -2.45. The molecular formula is C37H42N4O2. The average molecular weight is 575 g/mol. The van der Waals surface area contributed by atoms with E-state index in [4.69, 9.17) is 9.72 Å². The average Bonchev–Trinajstić information content (AvgIpc) is 3.73. The van der Waals surface area contributed by atoms with Gasteiger partial charge in [-0.25, -0.2) is 4.98 Å². The number of hydrogen-bond donors (Lipinski definition) is 0. The van der Waals surface area contributed by atoms with Crippen LogP contribution in [0.2, 0.25) is 0 Å². The molecule has 4 saturated heterocycles. The number of likely N-dealkylation sites (tertiary alicyclic amines) is 1. The van der Waals surface area contributed by atoms with E-state index < -0.39 is 0 Å². The van der Waals surface area contributed by atoms with Crippen LogP contribution in [0.3, 0.4) is 0 Å². The van der Waals surface area contributed by atoms with Gasteiger partial charge in [-0.3, -0.25) is 9.69 Å². The van der Waals surface area contributed by atoms with Crippen molar-refractivity contribution in [3.05, 3.63) is 102 Å². The second-order valence-electron chi connectivity index (χ2n) is 13.4. The van der Waals surface area contributed by atoms with Gasteiger partial charge in [0.05, 0.1) is 11.0 Å². The molecule has 3 aromatic carbocycles. The zero-order valence-corrected chi connectivity index (χ0v) is 25.1. The molecule has 2 unspecified atom stereocenters. The van der Waals surface area contributed by atoms with E-state index in [0.29, 0.717) is 18.1 Å². The molecule has 1 aromatic heterocycles. The van der Waals surface area contributed by atoms with Gasteiger partial charge in [0.25, 0.3) is 5.91 Å². The number of imidazole rings is 1. The number of amides is 1. The third kappa shape index (κ3) is 4.89. The predicted octanol–water partition coefficient (Wildman–Crippen LogP) is 6.60. The predicted molar refractivity (Wildman–Crippen MR) is 169 cm³/mol. The van der Waals surface area contributed by atoms with Crippen molar-refractivity contribution in [1.29, 1.82) is 0 Å². The molecule has 0 radical (unpaired) electrons. The molecule has 4 aromatic rings. The number of rotatable bonds is 7. The number of nitrogens with zero attached hydrogens (tertiary/aromatic N) is 4. The third-order valence-corrected chi connectivity index (χ3v) is 11.1. The van der Waals surface area contributed by atoms with E-state index >= 15 is 0 Å². The Hall–Kier alpha value is -3.48. The second kappa shape index (κ2) is 10.9. The molecule has 4 aliphatic rings. The molecule has 43 heavy (non-hydrogen) atoms. The summed E-state index contributed by atoms with van der Waals surface area (Å²) in [6.45, 7) is 4.91. The van der Waals surface area contributed by atoms with E-state index in [0.717, 1.165) is 55.8 Å². The minimum Gasteiger partial charge on any atom is -0.354 e. The van der Waals surface area contributed by atoms with Crippen molar-refractivity contribution in [2.24, 2.45) is 0 Å². The van der Waals surface area contributed by atoms with Gasteiger partial charge in [0, 0.05) is 31.2 Å². The number of carbonyl (C=O) groups is 1. The molecule has 6 nitrogen and oxygen atoms in total. The van der Waals surface area contributed by atoms with Crippen molar-refractivity contribution in [1.82, 2.24) is 19.4 Å². The van der Waals surface area contributed by atoms with Crippen LogP contribution in [0.1, 0.15) is 74.0 Å². The number of benzene rings is 3. The summed E-state index contributed by atoms with van der Waals surface area (Å²) in [5.41, 5.74) is 5.05. The Morgan fingerprint density at radius 2 is 1.51 bits per heavy atom. The van der Waals surface area contributed by atoms with Crippen LogP contribution < -0.4 is 0 Å². The van der Waals surface area contributed by atoms with Gasteiger partial charge >= 0.3 is 0 Å². The summed E-state index contributed by atoms with van der Waals surface area (Å²) >= 11 is 0. The summed E-state index contributed by atoms with van der Waals surface area (Å²) in [6.07, 6.45) is 7.79. The Bertz CT molecular complexity index is 1580. The largest absolute Gasteiger partial charge is 0.354 e. The summed E-state index contributed by atoms with van der Waals surface area (Å²) in [4.78, 5) is 23.2. The summed E-state index contributed by atoms with van der Waals surface area (Å²) in [5.74, 6) is 1.31. The van der Waals surface area contributed by atoms with Crippen molar-refractivity contribution in [2.45, 2.75) is 87.6 Å². The van der Waals surface area contributed by atoms with Crippen LogP contribution in [-0.4, -0.2) is 63.1 Å². The van der Waals surface area contributed by atoms with Crippen molar-refractivity contribution >= 4 is 16.9 Å². The molecule has 4 aliphatic heterocycles. The maximum atomic E-state index is 13.4. The van der Waals surface area contributed by atoms with E-state index in [1.165, 1.54) is 36.8 Å². The fourth-order valence-electron chi connectivity index (χ4n) is 8.80. The molecule has 6 heteroatoms. The first-order valence-corrected chi connectivity index (χ1v) is 16.3. The Labute approximate surface area is 254 Å². The molecule has 0 aliphatic carbocycles. The molecule has 4 fully saturated rings. The normalized spacial score (nSPS) is 28.3. The minimum absolute atomic E-state index is 0.0861. The number of fused-ring (bicyclic) bond motifs is 3. The lowest BCUT2D eigenvalue weighted by atomic mass is 9.70.